The molecule has 1 amide bonds. The maximum Gasteiger partial charge on any atom is 0.295 e. The number of aryl methyl sites for hydroxylation is 1. The number of likely N-dealkylation sites (tertiary alicyclic amines) is 1. The van der Waals surface area contributed by atoms with Crippen LogP contribution in [0.25, 0.3) is 5.76 Å². The number of benzene rings is 2. The van der Waals surface area contributed by atoms with Crippen LogP contribution < -0.4 is 9.47 Å². The molecule has 2 aliphatic rings. The Morgan fingerprint density at radius 3 is 2.53 bits per heavy atom. The van der Waals surface area contributed by atoms with Crippen molar-refractivity contribution >= 4 is 17.4 Å². The van der Waals surface area contributed by atoms with E-state index < -0.39 is 17.7 Å². The lowest BCUT2D eigenvalue weighted by Crippen LogP contribution is -2.36. The van der Waals surface area contributed by atoms with Crippen LogP contribution in [0.4, 0.5) is 0 Å². The Hall–Kier alpha value is -3.32. The van der Waals surface area contributed by atoms with Gasteiger partial charge >= 0.3 is 0 Å². The molecule has 0 bridgehead atoms. The number of aliphatic hydroxyl groups is 1. The van der Waals surface area contributed by atoms with Gasteiger partial charge in [-0.1, -0.05) is 49.7 Å². The summed E-state index contributed by atoms with van der Waals surface area (Å²) in [4.78, 5) is 28.0. The van der Waals surface area contributed by atoms with E-state index in [-0.39, 0.29) is 24.0 Å². The number of hydrogen-bond acceptors (Lipinski definition) is 6. The molecule has 1 N–H and O–H groups in total. The molecule has 2 aromatic rings. The number of methoxy groups -OCH3 is 1. The summed E-state index contributed by atoms with van der Waals surface area (Å²) in [7, 11) is 1.56. The fourth-order valence-electron chi connectivity index (χ4n) is 4.67. The van der Waals surface area contributed by atoms with Gasteiger partial charge in [0.15, 0.2) is 11.5 Å². The Morgan fingerprint density at radius 1 is 1.14 bits per heavy atom. The van der Waals surface area contributed by atoms with Gasteiger partial charge in [0, 0.05) is 18.7 Å². The zero-order chi connectivity index (χ0) is 25.8. The van der Waals surface area contributed by atoms with Crippen molar-refractivity contribution in [3.63, 3.8) is 0 Å². The molecule has 2 aromatic carbocycles. The highest BCUT2D eigenvalue weighted by molar-refractivity contribution is 6.46. The first-order valence-corrected chi connectivity index (χ1v) is 12.6. The molecule has 7 nitrogen and oxygen atoms in total. The van der Waals surface area contributed by atoms with E-state index >= 15 is 0 Å². The van der Waals surface area contributed by atoms with Crippen molar-refractivity contribution in [2.24, 2.45) is 5.92 Å². The van der Waals surface area contributed by atoms with Crippen molar-refractivity contribution in [2.75, 3.05) is 26.9 Å². The molecule has 0 aliphatic carbocycles. The molecule has 0 spiro atoms. The minimum Gasteiger partial charge on any atom is -0.507 e. The Bertz CT molecular complexity index is 1130. The molecular weight excluding hydrogens is 458 g/mol. The maximum atomic E-state index is 13.3. The maximum absolute atomic E-state index is 13.3. The van der Waals surface area contributed by atoms with Crippen LogP contribution in [-0.2, 0) is 14.3 Å². The van der Waals surface area contributed by atoms with Gasteiger partial charge in [-0.2, -0.15) is 0 Å². The minimum atomic E-state index is -0.769. The van der Waals surface area contributed by atoms with Crippen LogP contribution in [0.3, 0.4) is 0 Å². The molecule has 2 fully saturated rings. The van der Waals surface area contributed by atoms with Gasteiger partial charge in [-0.3, -0.25) is 9.59 Å². The number of carbonyl (C=O) groups is 2. The number of Topliss-reactive ketones (excluding diaryl/α,β-unsaturated/α-hetero) is 1. The van der Waals surface area contributed by atoms with Crippen molar-refractivity contribution in [1.82, 2.24) is 4.90 Å². The number of nitrogens with zero attached hydrogens (tertiary/aromatic N) is 1. The van der Waals surface area contributed by atoms with E-state index in [0.717, 1.165) is 24.8 Å². The Labute approximate surface area is 212 Å². The van der Waals surface area contributed by atoms with Crippen LogP contribution in [-0.4, -0.2) is 54.7 Å². The van der Waals surface area contributed by atoms with Crippen LogP contribution in [0.2, 0.25) is 0 Å². The number of carbonyl (C=O) groups excluding carboxylic acids is 2. The number of aliphatic hydroxyl groups excluding tert-OH is 1. The normalized spacial score (nSPS) is 21.4. The average Bonchev–Trinajstić information content (AvgIpc) is 3.46. The van der Waals surface area contributed by atoms with Gasteiger partial charge in [0.05, 0.1) is 31.4 Å². The van der Waals surface area contributed by atoms with Crippen LogP contribution >= 0.6 is 0 Å². The fourth-order valence-corrected chi connectivity index (χ4v) is 4.67. The van der Waals surface area contributed by atoms with Crippen LogP contribution in [0.15, 0.2) is 48.0 Å². The van der Waals surface area contributed by atoms with E-state index in [1.807, 2.05) is 25.1 Å². The third-order valence-electron chi connectivity index (χ3n) is 6.75. The molecule has 0 radical (unpaired) electrons. The highest BCUT2D eigenvalue weighted by atomic mass is 16.5. The van der Waals surface area contributed by atoms with Gasteiger partial charge in [0.2, 0.25) is 0 Å². The zero-order valence-electron chi connectivity index (χ0n) is 21.5. The second kappa shape index (κ2) is 11.2. The van der Waals surface area contributed by atoms with Crippen LogP contribution in [0, 0.1) is 12.8 Å². The van der Waals surface area contributed by atoms with E-state index in [2.05, 4.69) is 13.8 Å². The highest BCUT2D eigenvalue weighted by Crippen LogP contribution is 2.42. The smallest absolute Gasteiger partial charge is 0.295 e. The first-order chi connectivity index (χ1) is 17.3. The molecule has 2 aliphatic heterocycles. The topological polar surface area (TPSA) is 85.3 Å². The van der Waals surface area contributed by atoms with E-state index in [4.69, 9.17) is 14.2 Å². The molecule has 2 saturated heterocycles. The highest BCUT2D eigenvalue weighted by Gasteiger charge is 2.47. The molecule has 2 atom stereocenters. The number of ketones is 1. The average molecular weight is 494 g/mol. The Balaban J connectivity index is 1.76. The van der Waals surface area contributed by atoms with Gasteiger partial charge in [-0.05, 0) is 49.8 Å². The summed E-state index contributed by atoms with van der Waals surface area (Å²) in [5.74, 6) is 0.0810. The molecule has 0 aromatic heterocycles. The molecule has 192 valence electrons. The zero-order valence-corrected chi connectivity index (χ0v) is 21.5. The lowest BCUT2D eigenvalue weighted by atomic mass is 9.94. The number of rotatable bonds is 9. The van der Waals surface area contributed by atoms with Gasteiger partial charge in [-0.25, -0.2) is 0 Å². The van der Waals surface area contributed by atoms with E-state index in [9.17, 15) is 14.7 Å². The van der Waals surface area contributed by atoms with Crippen molar-refractivity contribution in [3.8, 4) is 11.5 Å². The largest absolute Gasteiger partial charge is 0.507 e. The van der Waals surface area contributed by atoms with Crippen molar-refractivity contribution in [2.45, 2.75) is 52.2 Å². The number of hydrogen-bond donors (Lipinski definition) is 1. The predicted molar refractivity (Wildman–Crippen MR) is 137 cm³/mol. The molecule has 0 saturated carbocycles. The molecular formula is C29H35NO6. The van der Waals surface area contributed by atoms with Gasteiger partial charge < -0.3 is 24.2 Å². The van der Waals surface area contributed by atoms with Crippen molar-refractivity contribution in [1.29, 1.82) is 0 Å². The lowest BCUT2D eigenvalue weighted by Gasteiger charge is -2.28. The summed E-state index contributed by atoms with van der Waals surface area (Å²) in [5, 5.41) is 11.3. The van der Waals surface area contributed by atoms with E-state index in [1.54, 1.807) is 31.4 Å². The predicted octanol–water partition coefficient (Wildman–Crippen LogP) is 5.03. The second-order valence-electron chi connectivity index (χ2n) is 9.89. The summed E-state index contributed by atoms with van der Waals surface area (Å²) in [6.07, 6.45) is 2.49. The second-order valence-corrected chi connectivity index (χ2v) is 9.89. The Kier molecular flexibility index (Phi) is 7.99. The van der Waals surface area contributed by atoms with E-state index in [0.29, 0.717) is 41.8 Å². The molecule has 2 unspecified atom stereocenters. The third kappa shape index (κ3) is 5.41. The number of amides is 1. The first-order valence-electron chi connectivity index (χ1n) is 12.6. The van der Waals surface area contributed by atoms with Crippen molar-refractivity contribution < 1.29 is 28.9 Å². The van der Waals surface area contributed by atoms with Gasteiger partial charge in [0.1, 0.15) is 5.76 Å². The first kappa shape index (κ1) is 25.8. The molecule has 2 heterocycles. The molecule has 7 heteroatoms. The Morgan fingerprint density at radius 2 is 1.89 bits per heavy atom. The third-order valence-corrected chi connectivity index (χ3v) is 6.75. The standard InChI is InChI=1S/C29H35NO6/c1-18(2)13-15-36-23-12-11-21(16-24(23)34-4)26-25(27(31)20-9-7-19(3)8-10-20)28(32)29(33)30(26)17-22-6-5-14-35-22/h7-12,16,18,22,26,31H,5-6,13-15,17H2,1-4H3. The summed E-state index contributed by atoms with van der Waals surface area (Å²) in [6, 6.07) is 11.9. The summed E-state index contributed by atoms with van der Waals surface area (Å²) in [5.41, 5.74) is 2.24. The van der Waals surface area contributed by atoms with Crippen molar-refractivity contribution in [3.05, 3.63) is 64.7 Å². The lowest BCUT2D eigenvalue weighted by molar-refractivity contribution is -0.140. The fraction of sp³-hybridized carbons (Fsp3) is 0.448. The molecule has 4 rings (SSSR count). The SMILES string of the molecule is COc1cc(C2C(=C(O)c3ccc(C)cc3)C(=O)C(=O)N2CC2CCCO2)ccc1OCCC(C)C. The van der Waals surface area contributed by atoms with Crippen LogP contribution in [0.5, 0.6) is 11.5 Å². The summed E-state index contributed by atoms with van der Waals surface area (Å²) in [6.45, 7) is 7.68. The van der Waals surface area contributed by atoms with Gasteiger partial charge in [0.25, 0.3) is 11.7 Å². The van der Waals surface area contributed by atoms with E-state index in [1.165, 1.54) is 4.90 Å². The quantitative estimate of drug-likeness (QED) is 0.300. The minimum absolute atomic E-state index is 0.0670. The summed E-state index contributed by atoms with van der Waals surface area (Å²) < 4.78 is 17.3. The monoisotopic (exact) mass is 493 g/mol. The number of ether oxygens (including phenoxy) is 3. The van der Waals surface area contributed by atoms with Crippen LogP contribution in [0.1, 0.15) is 55.8 Å². The molecule has 36 heavy (non-hydrogen) atoms. The summed E-state index contributed by atoms with van der Waals surface area (Å²) >= 11 is 0. The van der Waals surface area contributed by atoms with Gasteiger partial charge in [-0.15, -0.1) is 0 Å².